The molecular weight excluding hydrogens is 308 g/mol. The predicted octanol–water partition coefficient (Wildman–Crippen LogP) is 3.41. The fourth-order valence-electron chi connectivity index (χ4n) is 2.23. The van der Waals surface area contributed by atoms with E-state index in [-0.39, 0.29) is 11.4 Å². The van der Waals surface area contributed by atoms with Crippen LogP contribution in [0.15, 0.2) is 66.1 Å². The molecule has 2 rings (SSSR count). The van der Waals surface area contributed by atoms with E-state index in [0.29, 0.717) is 6.54 Å². The van der Waals surface area contributed by atoms with E-state index < -0.39 is 10.0 Å². The van der Waals surface area contributed by atoms with Crippen LogP contribution in [0.4, 0.5) is 5.69 Å². The second kappa shape index (κ2) is 7.44. The first-order valence-electron chi connectivity index (χ1n) is 7.40. The number of rotatable bonds is 7. The minimum absolute atomic E-state index is 0.281. The summed E-state index contributed by atoms with van der Waals surface area (Å²) in [6, 6.07) is 15.1. The summed E-state index contributed by atoms with van der Waals surface area (Å²) < 4.78 is 25.9. The molecule has 0 saturated heterocycles. The van der Waals surface area contributed by atoms with Crippen molar-refractivity contribution in [2.45, 2.75) is 18.4 Å². The largest absolute Gasteiger partial charge is 0.381 e. The van der Waals surface area contributed by atoms with E-state index in [1.165, 1.54) is 15.4 Å². The lowest BCUT2D eigenvalue weighted by molar-refractivity contribution is 0.499. The fourth-order valence-corrected chi connectivity index (χ4v) is 3.37. The second-order valence-corrected chi connectivity index (χ2v) is 7.49. The molecule has 0 aromatic heterocycles. The number of nitrogens with one attached hydrogen (secondary N) is 1. The van der Waals surface area contributed by atoms with Crippen LogP contribution in [0.3, 0.4) is 0 Å². The average Bonchev–Trinajstić information content (AvgIpc) is 2.53. The van der Waals surface area contributed by atoms with Gasteiger partial charge in [-0.3, -0.25) is 0 Å². The highest BCUT2D eigenvalue weighted by molar-refractivity contribution is 7.89. The molecule has 0 saturated carbocycles. The molecule has 0 atom stereocenters. The normalized spacial score (nSPS) is 11.4. The number of anilines is 1. The highest BCUT2D eigenvalue weighted by atomic mass is 32.2. The van der Waals surface area contributed by atoms with Crippen LogP contribution in [0, 0.1) is 6.92 Å². The molecule has 0 unspecified atom stereocenters. The minimum atomic E-state index is -3.46. The van der Waals surface area contributed by atoms with Crippen LogP contribution >= 0.6 is 0 Å². The van der Waals surface area contributed by atoms with Crippen molar-refractivity contribution >= 4 is 15.7 Å². The maximum absolute atomic E-state index is 12.3. The number of sulfonamides is 1. The second-order valence-electron chi connectivity index (χ2n) is 5.44. The van der Waals surface area contributed by atoms with Crippen molar-refractivity contribution in [1.82, 2.24) is 4.31 Å². The first-order valence-corrected chi connectivity index (χ1v) is 8.84. The van der Waals surface area contributed by atoms with Gasteiger partial charge in [-0.15, -0.1) is 6.58 Å². The Hall–Kier alpha value is -2.11. The van der Waals surface area contributed by atoms with E-state index in [4.69, 9.17) is 0 Å². The molecule has 2 aromatic rings. The van der Waals surface area contributed by atoms with E-state index in [1.807, 2.05) is 6.07 Å². The highest BCUT2D eigenvalue weighted by Crippen LogP contribution is 2.18. The molecule has 2 aromatic carbocycles. The van der Waals surface area contributed by atoms with E-state index >= 15 is 0 Å². The molecule has 23 heavy (non-hydrogen) atoms. The predicted molar refractivity (Wildman–Crippen MR) is 95.0 cm³/mol. The Morgan fingerprint density at radius 1 is 1.17 bits per heavy atom. The standard InChI is InChI=1S/C18H22N2O2S/c1-4-12-20(3)23(21,22)18-10-8-17(9-11-18)19-14-16-7-5-6-15(2)13-16/h4-11,13,19H,1,12,14H2,2-3H3. The van der Waals surface area contributed by atoms with Crippen molar-refractivity contribution in [2.24, 2.45) is 0 Å². The molecule has 0 spiro atoms. The van der Waals surface area contributed by atoms with Crippen LogP contribution in [0.2, 0.25) is 0 Å². The van der Waals surface area contributed by atoms with E-state index in [2.05, 4.69) is 37.0 Å². The van der Waals surface area contributed by atoms with Gasteiger partial charge in [-0.2, -0.15) is 4.31 Å². The Bertz CT molecular complexity index is 768. The van der Waals surface area contributed by atoms with Crippen molar-refractivity contribution in [3.63, 3.8) is 0 Å². The van der Waals surface area contributed by atoms with Gasteiger partial charge in [0.1, 0.15) is 0 Å². The Kier molecular flexibility index (Phi) is 5.58. The Labute approximate surface area is 138 Å². The third-order valence-corrected chi connectivity index (χ3v) is 5.37. The molecule has 5 heteroatoms. The zero-order valence-corrected chi connectivity index (χ0v) is 14.3. The molecule has 1 N–H and O–H groups in total. The summed E-state index contributed by atoms with van der Waals surface area (Å²) >= 11 is 0. The van der Waals surface area contributed by atoms with Gasteiger partial charge in [0.25, 0.3) is 0 Å². The van der Waals surface area contributed by atoms with Crippen molar-refractivity contribution in [3.8, 4) is 0 Å². The van der Waals surface area contributed by atoms with Gasteiger partial charge in [0.15, 0.2) is 0 Å². The zero-order valence-electron chi connectivity index (χ0n) is 13.5. The van der Waals surface area contributed by atoms with Crippen LogP contribution in [0.25, 0.3) is 0 Å². The van der Waals surface area contributed by atoms with E-state index in [0.717, 1.165) is 5.69 Å². The third kappa shape index (κ3) is 4.43. The molecule has 0 amide bonds. The summed E-state index contributed by atoms with van der Waals surface area (Å²) in [5.41, 5.74) is 3.29. The van der Waals surface area contributed by atoms with Crippen LogP contribution < -0.4 is 5.32 Å². The highest BCUT2D eigenvalue weighted by Gasteiger charge is 2.19. The first kappa shape index (κ1) is 17.2. The molecule has 0 bridgehead atoms. The molecule has 0 radical (unpaired) electrons. The van der Waals surface area contributed by atoms with Gasteiger partial charge < -0.3 is 5.32 Å². The number of likely N-dealkylation sites (N-methyl/N-ethyl adjacent to an activating group) is 1. The van der Waals surface area contributed by atoms with Gasteiger partial charge in [-0.25, -0.2) is 8.42 Å². The summed E-state index contributed by atoms with van der Waals surface area (Å²) in [5.74, 6) is 0. The smallest absolute Gasteiger partial charge is 0.243 e. The summed E-state index contributed by atoms with van der Waals surface area (Å²) in [5, 5.41) is 3.30. The van der Waals surface area contributed by atoms with Gasteiger partial charge in [0.05, 0.1) is 4.90 Å². The van der Waals surface area contributed by atoms with E-state index in [1.54, 1.807) is 37.4 Å². The molecule has 0 aliphatic carbocycles. The minimum Gasteiger partial charge on any atom is -0.381 e. The molecule has 0 aliphatic heterocycles. The van der Waals surface area contributed by atoms with Crippen LogP contribution in [-0.2, 0) is 16.6 Å². The molecule has 0 aliphatic rings. The third-order valence-electron chi connectivity index (χ3n) is 3.53. The van der Waals surface area contributed by atoms with Crippen molar-refractivity contribution in [2.75, 3.05) is 18.9 Å². The zero-order chi connectivity index (χ0) is 16.9. The maximum Gasteiger partial charge on any atom is 0.243 e. The summed E-state index contributed by atoms with van der Waals surface area (Å²) in [7, 11) is -1.91. The van der Waals surface area contributed by atoms with Crippen molar-refractivity contribution < 1.29 is 8.42 Å². The van der Waals surface area contributed by atoms with Crippen molar-refractivity contribution in [1.29, 1.82) is 0 Å². The van der Waals surface area contributed by atoms with Crippen LogP contribution in [-0.4, -0.2) is 26.3 Å². The molecule has 122 valence electrons. The SMILES string of the molecule is C=CCN(C)S(=O)(=O)c1ccc(NCc2cccc(C)c2)cc1. The molecule has 0 heterocycles. The van der Waals surface area contributed by atoms with Gasteiger partial charge in [0.2, 0.25) is 10.0 Å². The van der Waals surface area contributed by atoms with Gasteiger partial charge in [0, 0.05) is 25.8 Å². The lowest BCUT2D eigenvalue weighted by Crippen LogP contribution is -2.26. The number of aryl methyl sites for hydroxylation is 1. The number of nitrogens with zero attached hydrogens (tertiary/aromatic N) is 1. The van der Waals surface area contributed by atoms with Gasteiger partial charge in [-0.05, 0) is 36.8 Å². The quantitative estimate of drug-likeness (QED) is 0.792. The molecule has 4 nitrogen and oxygen atoms in total. The topological polar surface area (TPSA) is 49.4 Å². The van der Waals surface area contributed by atoms with Gasteiger partial charge >= 0.3 is 0 Å². The number of benzene rings is 2. The Morgan fingerprint density at radius 2 is 1.87 bits per heavy atom. The number of hydrogen-bond acceptors (Lipinski definition) is 3. The van der Waals surface area contributed by atoms with E-state index in [9.17, 15) is 8.42 Å². The lowest BCUT2D eigenvalue weighted by Gasteiger charge is -2.15. The van der Waals surface area contributed by atoms with Crippen LogP contribution in [0.1, 0.15) is 11.1 Å². The van der Waals surface area contributed by atoms with Crippen molar-refractivity contribution in [3.05, 3.63) is 72.3 Å². The Balaban J connectivity index is 2.06. The summed E-state index contributed by atoms with van der Waals surface area (Å²) in [6.45, 7) is 6.61. The fraction of sp³-hybridized carbons (Fsp3) is 0.222. The summed E-state index contributed by atoms with van der Waals surface area (Å²) in [6.07, 6.45) is 1.56. The summed E-state index contributed by atoms with van der Waals surface area (Å²) in [4.78, 5) is 0.281. The monoisotopic (exact) mass is 330 g/mol. The molecule has 0 fully saturated rings. The van der Waals surface area contributed by atoms with Gasteiger partial charge in [-0.1, -0.05) is 35.9 Å². The Morgan fingerprint density at radius 3 is 2.48 bits per heavy atom. The number of hydrogen-bond donors (Lipinski definition) is 1. The first-order chi connectivity index (χ1) is 10.9. The molecular formula is C18H22N2O2S. The van der Waals surface area contributed by atoms with Crippen LogP contribution in [0.5, 0.6) is 0 Å². The maximum atomic E-state index is 12.3. The average molecular weight is 330 g/mol. The lowest BCUT2D eigenvalue weighted by atomic mass is 10.1.